The Hall–Kier alpha value is -1.84. The van der Waals surface area contributed by atoms with Crippen LogP contribution in [0.15, 0.2) is 54.9 Å². The van der Waals surface area contributed by atoms with Gasteiger partial charge in [-0.2, -0.15) is 0 Å². The first-order chi connectivity index (χ1) is 9.65. The number of hydrogen-bond donors (Lipinski definition) is 0. The summed E-state index contributed by atoms with van der Waals surface area (Å²) in [5, 5.41) is 0. The first-order valence-corrected chi connectivity index (χ1v) is 7.36. The Morgan fingerprint density at radius 3 is 2.50 bits per heavy atom. The maximum absolute atomic E-state index is 12.6. The molecule has 0 aliphatic rings. The summed E-state index contributed by atoms with van der Waals surface area (Å²) in [6.07, 6.45) is 3.83. The molecule has 20 heavy (non-hydrogen) atoms. The molecule has 2 aromatic heterocycles. The molecule has 0 saturated carbocycles. The monoisotopic (exact) mass is 301 g/mol. The second-order valence-electron chi connectivity index (χ2n) is 4.55. The molecule has 0 fully saturated rings. The Morgan fingerprint density at radius 2 is 1.85 bits per heavy atom. The molecule has 2 heterocycles. The molecule has 0 aliphatic heterocycles. The second kappa shape index (κ2) is 5.27. The Bertz CT molecular complexity index is 758. The summed E-state index contributed by atoms with van der Waals surface area (Å²) >= 11 is 7.23. The molecule has 1 aromatic carbocycles. The van der Waals surface area contributed by atoms with E-state index in [4.69, 9.17) is 11.6 Å². The number of rotatable bonds is 3. The number of carbonyl (C=O) groups is 1. The minimum Gasteiger partial charge on any atom is -0.356 e. The summed E-state index contributed by atoms with van der Waals surface area (Å²) in [5.74, 6) is 0.0151. The van der Waals surface area contributed by atoms with Gasteiger partial charge in [-0.1, -0.05) is 41.9 Å². The van der Waals surface area contributed by atoms with Crippen LogP contribution in [0.5, 0.6) is 0 Å². The first-order valence-electron chi connectivity index (χ1n) is 6.16. The van der Waals surface area contributed by atoms with Crippen molar-refractivity contribution in [3.8, 4) is 11.1 Å². The third kappa shape index (κ3) is 2.42. The molecule has 0 aliphatic carbocycles. The highest BCUT2D eigenvalue weighted by Crippen LogP contribution is 2.29. The van der Waals surface area contributed by atoms with Crippen LogP contribution < -0.4 is 0 Å². The number of hydrogen-bond acceptors (Lipinski definition) is 2. The maximum Gasteiger partial charge on any atom is 0.205 e. The molecular weight excluding hydrogens is 290 g/mol. The SMILES string of the molecule is Cn1cc(C(=O)c2ccc(Cl)s2)c(-c2ccccc2)c1. The third-order valence-corrected chi connectivity index (χ3v) is 4.31. The standard InChI is InChI=1S/C16H12ClNOS/c1-18-9-12(11-5-3-2-4-6-11)13(10-18)16(19)14-7-8-15(17)20-14/h2-10H,1H3. The van der Waals surface area contributed by atoms with Gasteiger partial charge in [-0.3, -0.25) is 4.79 Å². The van der Waals surface area contributed by atoms with E-state index in [1.807, 2.05) is 54.3 Å². The van der Waals surface area contributed by atoms with Gasteiger partial charge < -0.3 is 4.57 Å². The van der Waals surface area contributed by atoms with Crippen molar-refractivity contribution in [3.63, 3.8) is 0 Å². The molecule has 0 N–H and O–H groups in total. The van der Waals surface area contributed by atoms with E-state index in [1.165, 1.54) is 11.3 Å². The lowest BCUT2D eigenvalue weighted by atomic mass is 10.0. The number of aryl methyl sites for hydroxylation is 1. The molecule has 100 valence electrons. The van der Waals surface area contributed by atoms with E-state index in [9.17, 15) is 4.79 Å². The van der Waals surface area contributed by atoms with E-state index in [1.54, 1.807) is 12.1 Å². The summed E-state index contributed by atoms with van der Waals surface area (Å²) < 4.78 is 2.54. The fraction of sp³-hybridized carbons (Fsp3) is 0.0625. The lowest BCUT2D eigenvalue weighted by molar-refractivity contribution is 0.104. The van der Waals surface area contributed by atoms with Crippen molar-refractivity contribution in [2.45, 2.75) is 0 Å². The van der Waals surface area contributed by atoms with Crippen LogP contribution in [0.3, 0.4) is 0 Å². The number of nitrogens with zero attached hydrogens (tertiary/aromatic N) is 1. The molecular formula is C16H12ClNOS. The molecule has 3 aromatic rings. The Balaban J connectivity index is 2.09. The zero-order valence-electron chi connectivity index (χ0n) is 10.8. The van der Waals surface area contributed by atoms with Gasteiger partial charge in [0.15, 0.2) is 0 Å². The summed E-state index contributed by atoms with van der Waals surface area (Å²) in [5.41, 5.74) is 2.69. The van der Waals surface area contributed by atoms with Crippen LogP contribution in [-0.4, -0.2) is 10.4 Å². The zero-order valence-corrected chi connectivity index (χ0v) is 12.4. The van der Waals surface area contributed by atoms with Crippen LogP contribution in [0.2, 0.25) is 4.34 Å². The largest absolute Gasteiger partial charge is 0.356 e. The van der Waals surface area contributed by atoms with Crippen LogP contribution in [0.1, 0.15) is 15.2 Å². The van der Waals surface area contributed by atoms with Crippen molar-refractivity contribution in [1.82, 2.24) is 4.57 Å². The van der Waals surface area contributed by atoms with Crippen molar-refractivity contribution in [2.75, 3.05) is 0 Å². The summed E-state index contributed by atoms with van der Waals surface area (Å²) in [6.45, 7) is 0. The number of aromatic nitrogens is 1. The Kier molecular flexibility index (Phi) is 3.47. The fourth-order valence-electron chi connectivity index (χ4n) is 2.18. The molecule has 0 amide bonds. The molecule has 0 saturated heterocycles. The van der Waals surface area contributed by atoms with E-state index < -0.39 is 0 Å². The third-order valence-electron chi connectivity index (χ3n) is 3.08. The molecule has 3 rings (SSSR count). The molecule has 0 unspecified atom stereocenters. The fourth-order valence-corrected chi connectivity index (χ4v) is 3.18. The highest BCUT2D eigenvalue weighted by atomic mass is 35.5. The van der Waals surface area contributed by atoms with Gasteiger partial charge >= 0.3 is 0 Å². The van der Waals surface area contributed by atoms with Gasteiger partial charge in [-0.25, -0.2) is 0 Å². The van der Waals surface area contributed by atoms with E-state index in [0.29, 0.717) is 14.8 Å². The number of ketones is 1. The predicted molar refractivity (Wildman–Crippen MR) is 83.6 cm³/mol. The van der Waals surface area contributed by atoms with Crippen molar-refractivity contribution in [2.24, 2.45) is 7.05 Å². The minimum absolute atomic E-state index is 0.0151. The number of carbonyl (C=O) groups excluding carboxylic acids is 1. The van der Waals surface area contributed by atoms with E-state index in [2.05, 4.69) is 0 Å². The molecule has 0 bridgehead atoms. The zero-order chi connectivity index (χ0) is 14.1. The molecule has 4 heteroatoms. The Morgan fingerprint density at radius 1 is 1.10 bits per heavy atom. The highest BCUT2D eigenvalue weighted by molar-refractivity contribution is 7.18. The number of thiophene rings is 1. The Labute approximate surface area is 126 Å². The molecule has 0 spiro atoms. The lowest BCUT2D eigenvalue weighted by Crippen LogP contribution is -1.98. The van der Waals surface area contributed by atoms with E-state index in [0.717, 1.165) is 11.1 Å². The van der Waals surface area contributed by atoms with Crippen molar-refractivity contribution >= 4 is 28.7 Å². The summed E-state index contributed by atoms with van der Waals surface area (Å²) in [7, 11) is 1.92. The maximum atomic E-state index is 12.6. The van der Waals surface area contributed by atoms with E-state index in [-0.39, 0.29) is 5.78 Å². The van der Waals surface area contributed by atoms with Crippen LogP contribution in [0.4, 0.5) is 0 Å². The average Bonchev–Trinajstić information content (AvgIpc) is 3.05. The van der Waals surface area contributed by atoms with Crippen molar-refractivity contribution < 1.29 is 4.79 Å². The van der Waals surface area contributed by atoms with Gasteiger partial charge in [-0.15, -0.1) is 11.3 Å². The smallest absolute Gasteiger partial charge is 0.205 e. The normalized spacial score (nSPS) is 10.7. The summed E-state index contributed by atoms with van der Waals surface area (Å²) in [6, 6.07) is 13.5. The van der Waals surface area contributed by atoms with Crippen LogP contribution in [0, 0.1) is 0 Å². The minimum atomic E-state index is 0.0151. The van der Waals surface area contributed by atoms with Gasteiger partial charge in [0.25, 0.3) is 0 Å². The molecule has 2 nitrogen and oxygen atoms in total. The van der Waals surface area contributed by atoms with Crippen molar-refractivity contribution in [1.29, 1.82) is 0 Å². The van der Waals surface area contributed by atoms with Crippen LogP contribution in [0.25, 0.3) is 11.1 Å². The number of benzene rings is 1. The molecule has 0 radical (unpaired) electrons. The average molecular weight is 302 g/mol. The quantitative estimate of drug-likeness (QED) is 0.646. The van der Waals surface area contributed by atoms with Crippen LogP contribution >= 0.6 is 22.9 Å². The van der Waals surface area contributed by atoms with Gasteiger partial charge in [0, 0.05) is 30.6 Å². The van der Waals surface area contributed by atoms with Gasteiger partial charge in [-0.05, 0) is 17.7 Å². The first kappa shape index (κ1) is 13.2. The van der Waals surface area contributed by atoms with E-state index >= 15 is 0 Å². The van der Waals surface area contributed by atoms with Gasteiger partial charge in [0.05, 0.1) is 9.21 Å². The summed E-state index contributed by atoms with van der Waals surface area (Å²) in [4.78, 5) is 13.3. The highest BCUT2D eigenvalue weighted by Gasteiger charge is 2.18. The second-order valence-corrected chi connectivity index (χ2v) is 6.27. The molecule has 0 atom stereocenters. The number of halogens is 1. The topological polar surface area (TPSA) is 22.0 Å². The lowest BCUT2D eigenvalue weighted by Gasteiger charge is -2.01. The van der Waals surface area contributed by atoms with Crippen LogP contribution in [-0.2, 0) is 7.05 Å². The predicted octanol–water partition coefficient (Wildman–Crippen LogP) is 4.64. The van der Waals surface area contributed by atoms with Gasteiger partial charge in [0.2, 0.25) is 5.78 Å². The van der Waals surface area contributed by atoms with Gasteiger partial charge in [0.1, 0.15) is 0 Å². The van der Waals surface area contributed by atoms with Crippen molar-refractivity contribution in [3.05, 3.63) is 69.6 Å².